The van der Waals surface area contributed by atoms with Gasteiger partial charge in [0.15, 0.2) is 0 Å². The molecule has 0 bridgehead atoms. The molecule has 1 aromatic heterocycles. The van der Waals surface area contributed by atoms with Gasteiger partial charge in [0.2, 0.25) is 5.91 Å². The van der Waals surface area contributed by atoms with Crippen molar-refractivity contribution in [2.45, 2.75) is 38.1 Å². The number of hydrogen-bond acceptors (Lipinski definition) is 2. The lowest BCUT2D eigenvalue weighted by Crippen LogP contribution is -2.54. The van der Waals surface area contributed by atoms with Crippen LogP contribution in [0.25, 0.3) is 0 Å². The Labute approximate surface area is 137 Å². The number of aromatic nitrogens is 1. The molecular weight excluding hydrogens is 292 g/mol. The molecule has 6 nitrogen and oxygen atoms in total. The lowest BCUT2D eigenvalue weighted by molar-refractivity contribution is -0.130. The fourth-order valence-corrected chi connectivity index (χ4v) is 3.80. The van der Waals surface area contributed by atoms with Gasteiger partial charge in [0.05, 0.1) is 0 Å². The summed E-state index contributed by atoms with van der Waals surface area (Å²) in [4.78, 5) is 30.7. The molecule has 23 heavy (non-hydrogen) atoms. The van der Waals surface area contributed by atoms with Gasteiger partial charge in [-0.2, -0.15) is 0 Å². The lowest BCUT2D eigenvalue weighted by atomic mass is 9.65. The van der Waals surface area contributed by atoms with Crippen LogP contribution in [0.3, 0.4) is 0 Å². The molecule has 126 valence electrons. The Morgan fingerprint density at radius 2 is 2.22 bits per heavy atom. The molecule has 1 aromatic rings. The van der Waals surface area contributed by atoms with Crippen molar-refractivity contribution in [1.82, 2.24) is 20.1 Å². The summed E-state index contributed by atoms with van der Waals surface area (Å²) in [5, 5.41) is 3.03. The van der Waals surface area contributed by atoms with Crippen LogP contribution in [0.4, 0.5) is 4.79 Å². The normalized spacial score (nSPS) is 26.2. The second kappa shape index (κ2) is 6.26. The van der Waals surface area contributed by atoms with Gasteiger partial charge in [0.25, 0.3) is 0 Å². The van der Waals surface area contributed by atoms with Gasteiger partial charge in [-0.25, -0.2) is 4.79 Å². The minimum atomic E-state index is -0.0262. The molecule has 2 heterocycles. The van der Waals surface area contributed by atoms with Crippen LogP contribution in [0.2, 0.25) is 0 Å². The Balaban J connectivity index is 1.42. The fourth-order valence-electron chi connectivity index (χ4n) is 3.80. The average Bonchev–Trinajstić information content (AvgIpc) is 3.13. The van der Waals surface area contributed by atoms with E-state index in [-0.39, 0.29) is 23.4 Å². The molecule has 2 N–H and O–H groups in total. The summed E-state index contributed by atoms with van der Waals surface area (Å²) in [5.74, 6) is 0.247. The zero-order valence-electron chi connectivity index (χ0n) is 14.0. The summed E-state index contributed by atoms with van der Waals surface area (Å²) in [7, 11) is 3.51. The Bertz CT molecular complexity index is 561. The van der Waals surface area contributed by atoms with E-state index in [0.29, 0.717) is 6.42 Å². The third-order valence-electron chi connectivity index (χ3n) is 5.15. The van der Waals surface area contributed by atoms with Crippen molar-refractivity contribution in [3.8, 4) is 0 Å². The molecule has 3 amide bonds. The number of likely N-dealkylation sites (tertiary alicyclic amines) is 1. The molecule has 1 saturated heterocycles. The zero-order chi connectivity index (χ0) is 16.4. The number of nitrogens with one attached hydrogen (secondary N) is 2. The van der Waals surface area contributed by atoms with E-state index >= 15 is 0 Å². The first-order chi connectivity index (χ1) is 11.0. The van der Waals surface area contributed by atoms with Crippen LogP contribution in [0.15, 0.2) is 18.3 Å². The summed E-state index contributed by atoms with van der Waals surface area (Å²) < 4.78 is 0. The number of H-pyrrole nitrogens is 1. The van der Waals surface area contributed by atoms with Crippen LogP contribution in [0.5, 0.6) is 0 Å². The van der Waals surface area contributed by atoms with Gasteiger partial charge < -0.3 is 20.1 Å². The van der Waals surface area contributed by atoms with E-state index < -0.39 is 0 Å². The van der Waals surface area contributed by atoms with Crippen molar-refractivity contribution in [3.05, 3.63) is 24.0 Å². The number of nitrogens with zero attached hydrogens (tertiary/aromatic N) is 2. The molecule has 2 aliphatic rings. The maximum absolute atomic E-state index is 12.4. The number of rotatable bonds is 4. The molecule has 1 aliphatic heterocycles. The van der Waals surface area contributed by atoms with Crippen LogP contribution in [-0.2, 0) is 11.2 Å². The molecule has 1 aliphatic carbocycles. The molecule has 1 spiro atoms. The minimum absolute atomic E-state index is 0.0262. The first-order valence-electron chi connectivity index (χ1n) is 8.35. The average molecular weight is 318 g/mol. The van der Waals surface area contributed by atoms with Gasteiger partial charge >= 0.3 is 6.03 Å². The summed E-state index contributed by atoms with van der Waals surface area (Å²) in [6.07, 6.45) is 6.28. The van der Waals surface area contributed by atoms with Crippen LogP contribution in [0, 0.1) is 5.41 Å². The Kier molecular flexibility index (Phi) is 4.33. The van der Waals surface area contributed by atoms with E-state index in [1.807, 2.05) is 23.2 Å². The van der Waals surface area contributed by atoms with Gasteiger partial charge in [-0.05, 0) is 43.2 Å². The fraction of sp³-hybridized carbons (Fsp3) is 0.647. The van der Waals surface area contributed by atoms with Gasteiger partial charge in [0.1, 0.15) is 0 Å². The molecule has 0 unspecified atom stereocenters. The Hall–Kier alpha value is -1.98. The highest BCUT2D eigenvalue weighted by Crippen LogP contribution is 2.48. The third kappa shape index (κ3) is 3.51. The Morgan fingerprint density at radius 1 is 1.43 bits per heavy atom. The molecule has 0 radical (unpaired) electrons. The molecule has 0 aromatic carbocycles. The summed E-state index contributed by atoms with van der Waals surface area (Å²) in [5.41, 5.74) is 1.36. The Morgan fingerprint density at radius 3 is 2.87 bits per heavy atom. The number of amides is 3. The van der Waals surface area contributed by atoms with E-state index in [1.165, 1.54) is 0 Å². The first kappa shape index (κ1) is 15.9. The van der Waals surface area contributed by atoms with Gasteiger partial charge in [-0.15, -0.1) is 0 Å². The molecule has 3 rings (SSSR count). The second-order valence-corrected chi connectivity index (χ2v) is 7.21. The number of carbonyl (C=O) groups excluding carboxylic acids is 2. The number of urea groups is 1. The van der Waals surface area contributed by atoms with E-state index in [2.05, 4.69) is 10.3 Å². The topological polar surface area (TPSA) is 68.4 Å². The number of aryl methyl sites for hydroxylation is 1. The van der Waals surface area contributed by atoms with Gasteiger partial charge in [-0.3, -0.25) is 4.79 Å². The number of aromatic amines is 1. The van der Waals surface area contributed by atoms with Crippen molar-refractivity contribution >= 4 is 11.9 Å². The maximum Gasteiger partial charge on any atom is 0.317 e. The second-order valence-electron chi connectivity index (χ2n) is 7.21. The predicted molar refractivity (Wildman–Crippen MR) is 88.0 cm³/mol. The first-order valence-corrected chi connectivity index (χ1v) is 8.35. The maximum atomic E-state index is 12.4. The van der Waals surface area contributed by atoms with Crippen molar-refractivity contribution in [2.24, 2.45) is 5.41 Å². The van der Waals surface area contributed by atoms with E-state index in [1.54, 1.807) is 19.0 Å². The quantitative estimate of drug-likeness (QED) is 0.885. The summed E-state index contributed by atoms with van der Waals surface area (Å²) in [6, 6.07) is 4.21. The van der Waals surface area contributed by atoms with E-state index in [9.17, 15) is 9.59 Å². The zero-order valence-corrected chi connectivity index (χ0v) is 14.0. The van der Waals surface area contributed by atoms with Gasteiger partial charge in [-0.1, -0.05) is 0 Å². The number of carbonyl (C=O) groups is 2. The highest BCUT2D eigenvalue weighted by atomic mass is 16.2. The monoisotopic (exact) mass is 318 g/mol. The van der Waals surface area contributed by atoms with Crippen molar-refractivity contribution in [2.75, 3.05) is 27.2 Å². The van der Waals surface area contributed by atoms with E-state index in [4.69, 9.17) is 0 Å². The van der Waals surface area contributed by atoms with Crippen LogP contribution >= 0.6 is 0 Å². The number of hydrogen-bond donors (Lipinski definition) is 2. The highest BCUT2D eigenvalue weighted by molar-refractivity contribution is 5.77. The van der Waals surface area contributed by atoms with Crippen LogP contribution in [-0.4, -0.2) is 59.9 Å². The highest BCUT2D eigenvalue weighted by Gasteiger charge is 2.49. The van der Waals surface area contributed by atoms with Crippen molar-refractivity contribution in [3.63, 3.8) is 0 Å². The van der Waals surface area contributed by atoms with Crippen molar-refractivity contribution in [1.29, 1.82) is 0 Å². The minimum Gasteiger partial charge on any atom is -0.365 e. The van der Waals surface area contributed by atoms with E-state index in [0.717, 1.165) is 44.5 Å². The standard InChI is InChI=1S/C17H26N4O2/c1-20(2)16(23)19-14-10-17(11-14)7-9-21(12-17)15(22)6-5-13-4-3-8-18-13/h3-4,8,14,18H,5-7,9-12H2,1-2H3,(H,19,23). The third-order valence-corrected chi connectivity index (χ3v) is 5.15. The SMILES string of the molecule is CN(C)C(=O)NC1CC2(CCN(C(=O)CCc3ccc[nH]3)C2)C1. The molecule has 0 atom stereocenters. The lowest BCUT2D eigenvalue weighted by Gasteiger charge is -2.45. The molecular formula is C17H26N4O2. The molecule has 6 heteroatoms. The van der Waals surface area contributed by atoms with Crippen LogP contribution < -0.4 is 5.32 Å². The molecule has 1 saturated carbocycles. The summed E-state index contributed by atoms with van der Waals surface area (Å²) in [6.45, 7) is 1.71. The largest absolute Gasteiger partial charge is 0.365 e. The molecule has 2 fully saturated rings. The summed E-state index contributed by atoms with van der Waals surface area (Å²) >= 11 is 0. The van der Waals surface area contributed by atoms with Crippen LogP contribution in [0.1, 0.15) is 31.4 Å². The van der Waals surface area contributed by atoms with Crippen molar-refractivity contribution < 1.29 is 9.59 Å². The van der Waals surface area contributed by atoms with Gasteiger partial charge in [0, 0.05) is 51.5 Å². The smallest absolute Gasteiger partial charge is 0.317 e. The predicted octanol–water partition coefficient (Wildman–Crippen LogP) is 1.60.